The number of benzene rings is 2. The average Bonchev–Trinajstić information content (AvgIpc) is 3.04. The van der Waals surface area contributed by atoms with Gasteiger partial charge in [-0.15, -0.1) is 0 Å². The van der Waals surface area contributed by atoms with E-state index in [1.54, 1.807) is 0 Å². The molecule has 2 aromatic carbocycles. The summed E-state index contributed by atoms with van der Waals surface area (Å²) in [6.07, 6.45) is 0.822. The fourth-order valence-corrected chi connectivity index (χ4v) is 3.54. The highest BCUT2D eigenvalue weighted by Gasteiger charge is 2.26. The van der Waals surface area contributed by atoms with Crippen molar-refractivity contribution in [2.45, 2.75) is 19.4 Å². The van der Waals surface area contributed by atoms with E-state index in [9.17, 15) is 4.79 Å². The number of aromatic amines is 1. The highest BCUT2D eigenvalue weighted by atomic mass is 16.2. The van der Waals surface area contributed by atoms with E-state index in [1.165, 1.54) is 0 Å². The zero-order chi connectivity index (χ0) is 18.7. The van der Waals surface area contributed by atoms with Gasteiger partial charge in [0.05, 0.1) is 6.04 Å². The molecule has 1 heterocycles. The molecule has 0 saturated carbocycles. The van der Waals surface area contributed by atoms with E-state index < -0.39 is 0 Å². The number of hydrogen-bond donors (Lipinski definition) is 1. The van der Waals surface area contributed by atoms with Gasteiger partial charge in [-0.3, -0.25) is 4.79 Å². The molecule has 0 fully saturated rings. The monoisotopic (exact) mass is 349 g/mol. The minimum atomic E-state index is -0.00480. The minimum absolute atomic E-state index is 0.00480. The summed E-state index contributed by atoms with van der Waals surface area (Å²) in [6, 6.07) is 18.3. The SMILES string of the molecule is CCc1c(C(=O)N(C)[C@H](CN(C)C)c2ccccc2)[nH]c2ccccc12. The molecule has 0 aliphatic carbocycles. The van der Waals surface area contributed by atoms with Gasteiger partial charge in [0.15, 0.2) is 0 Å². The molecule has 4 heteroatoms. The number of aromatic nitrogens is 1. The van der Waals surface area contributed by atoms with Crippen LogP contribution in [0, 0.1) is 0 Å². The van der Waals surface area contributed by atoms with Gasteiger partial charge in [0.2, 0.25) is 0 Å². The number of hydrogen-bond acceptors (Lipinski definition) is 2. The van der Waals surface area contributed by atoms with Crippen LogP contribution in [0.5, 0.6) is 0 Å². The summed E-state index contributed by atoms with van der Waals surface area (Å²) in [5, 5.41) is 1.13. The summed E-state index contributed by atoms with van der Waals surface area (Å²) in [4.78, 5) is 20.7. The van der Waals surface area contributed by atoms with E-state index in [-0.39, 0.29) is 11.9 Å². The Morgan fingerprint density at radius 1 is 1.00 bits per heavy atom. The zero-order valence-corrected chi connectivity index (χ0v) is 16.0. The second kappa shape index (κ2) is 7.75. The highest BCUT2D eigenvalue weighted by Crippen LogP contribution is 2.27. The van der Waals surface area contributed by atoms with Crippen molar-refractivity contribution in [3.05, 3.63) is 71.4 Å². The molecular weight excluding hydrogens is 322 g/mol. The van der Waals surface area contributed by atoms with Crippen LogP contribution in [0.1, 0.15) is 34.6 Å². The summed E-state index contributed by atoms with van der Waals surface area (Å²) in [6.45, 7) is 2.87. The maximum Gasteiger partial charge on any atom is 0.270 e. The van der Waals surface area contributed by atoms with Crippen LogP contribution in [0.15, 0.2) is 54.6 Å². The van der Waals surface area contributed by atoms with Crippen molar-refractivity contribution in [2.24, 2.45) is 0 Å². The number of fused-ring (bicyclic) bond motifs is 1. The number of para-hydroxylation sites is 1. The van der Waals surface area contributed by atoms with Gasteiger partial charge >= 0.3 is 0 Å². The molecule has 1 aromatic heterocycles. The number of amides is 1. The van der Waals surface area contributed by atoms with Crippen molar-refractivity contribution in [2.75, 3.05) is 27.7 Å². The van der Waals surface area contributed by atoms with Crippen molar-refractivity contribution in [1.29, 1.82) is 0 Å². The molecule has 0 radical (unpaired) electrons. The number of aryl methyl sites for hydroxylation is 1. The van der Waals surface area contributed by atoms with Gasteiger partial charge < -0.3 is 14.8 Å². The lowest BCUT2D eigenvalue weighted by Crippen LogP contribution is -2.37. The van der Waals surface area contributed by atoms with Crippen molar-refractivity contribution in [1.82, 2.24) is 14.8 Å². The van der Waals surface area contributed by atoms with Gasteiger partial charge in [-0.1, -0.05) is 55.5 Å². The van der Waals surface area contributed by atoms with Crippen LogP contribution in [0.2, 0.25) is 0 Å². The van der Waals surface area contributed by atoms with Crippen LogP contribution in [0.25, 0.3) is 10.9 Å². The maximum atomic E-state index is 13.4. The molecule has 0 unspecified atom stereocenters. The average molecular weight is 349 g/mol. The van der Waals surface area contributed by atoms with Gasteiger partial charge in [0.25, 0.3) is 5.91 Å². The molecule has 136 valence electrons. The Bertz CT molecular complexity index is 883. The number of carbonyl (C=O) groups is 1. The summed E-state index contributed by atoms with van der Waals surface area (Å²) >= 11 is 0. The van der Waals surface area contributed by atoms with Crippen molar-refractivity contribution in [3.63, 3.8) is 0 Å². The highest BCUT2D eigenvalue weighted by molar-refractivity contribution is 6.01. The second-order valence-electron chi connectivity index (χ2n) is 6.98. The van der Waals surface area contributed by atoms with Crippen LogP contribution in [-0.2, 0) is 6.42 Å². The number of likely N-dealkylation sites (N-methyl/N-ethyl adjacent to an activating group) is 2. The Hall–Kier alpha value is -2.59. The number of nitrogens with zero attached hydrogens (tertiary/aromatic N) is 2. The predicted octanol–water partition coefficient (Wildman–Crippen LogP) is 4.11. The van der Waals surface area contributed by atoms with E-state index in [1.807, 2.05) is 62.4 Å². The van der Waals surface area contributed by atoms with Crippen LogP contribution < -0.4 is 0 Å². The predicted molar refractivity (Wildman–Crippen MR) is 108 cm³/mol. The van der Waals surface area contributed by atoms with Crippen LogP contribution >= 0.6 is 0 Å². The number of H-pyrrole nitrogens is 1. The third-order valence-electron chi connectivity index (χ3n) is 4.89. The van der Waals surface area contributed by atoms with E-state index in [4.69, 9.17) is 0 Å². The molecule has 0 bridgehead atoms. The molecule has 0 aliphatic heterocycles. The third-order valence-corrected chi connectivity index (χ3v) is 4.89. The molecule has 3 rings (SSSR count). The summed E-state index contributed by atoms with van der Waals surface area (Å²) in [7, 11) is 5.97. The molecule has 0 saturated heterocycles. The maximum absolute atomic E-state index is 13.4. The lowest BCUT2D eigenvalue weighted by Gasteiger charge is -2.31. The zero-order valence-electron chi connectivity index (χ0n) is 16.0. The lowest BCUT2D eigenvalue weighted by atomic mass is 10.0. The molecule has 26 heavy (non-hydrogen) atoms. The minimum Gasteiger partial charge on any atom is -0.350 e. The third kappa shape index (κ3) is 3.51. The molecule has 1 N–H and O–H groups in total. The normalized spacial score (nSPS) is 12.5. The van der Waals surface area contributed by atoms with Crippen LogP contribution in [0.3, 0.4) is 0 Å². The first kappa shape index (κ1) is 18.2. The Labute approximate surface area is 155 Å². The Kier molecular flexibility index (Phi) is 5.43. The smallest absolute Gasteiger partial charge is 0.270 e. The first-order valence-corrected chi connectivity index (χ1v) is 9.09. The van der Waals surface area contributed by atoms with Gasteiger partial charge in [0, 0.05) is 24.5 Å². The second-order valence-corrected chi connectivity index (χ2v) is 6.98. The van der Waals surface area contributed by atoms with Gasteiger partial charge in [0.1, 0.15) is 5.69 Å². The quantitative estimate of drug-likeness (QED) is 0.727. The molecule has 1 amide bonds. The molecule has 0 spiro atoms. The summed E-state index contributed by atoms with van der Waals surface area (Å²) < 4.78 is 0. The first-order valence-electron chi connectivity index (χ1n) is 9.09. The lowest BCUT2D eigenvalue weighted by molar-refractivity contribution is 0.0699. The largest absolute Gasteiger partial charge is 0.350 e. The Morgan fingerprint density at radius 3 is 2.31 bits per heavy atom. The van der Waals surface area contributed by atoms with Crippen LogP contribution in [-0.4, -0.2) is 48.4 Å². The van der Waals surface area contributed by atoms with Crippen molar-refractivity contribution < 1.29 is 4.79 Å². The summed E-state index contributed by atoms with van der Waals surface area (Å²) in [5.74, 6) is 0.0359. The Morgan fingerprint density at radius 2 is 1.65 bits per heavy atom. The van der Waals surface area contributed by atoms with E-state index in [2.05, 4.69) is 35.0 Å². The summed E-state index contributed by atoms with van der Waals surface area (Å²) in [5.41, 5.74) is 3.96. The molecule has 3 aromatic rings. The molecular formula is C22H27N3O. The number of rotatable bonds is 6. The molecule has 4 nitrogen and oxygen atoms in total. The number of carbonyl (C=O) groups excluding carboxylic acids is 1. The van der Waals surface area contributed by atoms with Crippen LogP contribution in [0.4, 0.5) is 0 Å². The van der Waals surface area contributed by atoms with E-state index in [0.717, 1.165) is 35.0 Å². The molecule has 1 atom stereocenters. The van der Waals surface area contributed by atoms with Crippen molar-refractivity contribution >= 4 is 16.8 Å². The van der Waals surface area contributed by atoms with Gasteiger partial charge in [-0.2, -0.15) is 0 Å². The standard InChI is InChI=1S/C22H27N3O/c1-5-17-18-13-9-10-14-19(18)23-21(17)22(26)25(4)20(15-24(2)3)16-11-7-6-8-12-16/h6-14,20,23H,5,15H2,1-4H3/t20-/m1/s1. The van der Waals surface area contributed by atoms with Gasteiger partial charge in [-0.25, -0.2) is 0 Å². The topological polar surface area (TPSA) is 39.3 Å². The van der Waals surface area contributed by atoms with Gasteiger partial charge in [-0.05, 0) is 37.7 Å². The van der Waals surface area contributed by atoms with E-state index >= 15 is 0 Å². The molecule has 0 aliphatic rings. The Balaban J connectivity index is 1.99. The first-order chi connectivity index (χ1) is 12.5. The fraction of sp³-hybridized carbons (Fsp3) is 0.318. The number of nitrogens with one attached hydrogen (secondary N) is 1. The van der Waals surface area contributed by atoms with E-state index in [0.29, 0.717) is 5.69 Å². The van der Waals surface area contributed by atoms with Crippen molar-refractivity contribution in [3.8, 4) is 0 Å². The fourth-order valence-electron chi connectivity index (χ4n) is 3.54.